The minimum atomic E-state index is -0.134. The van der Waals surface area contributed by atoms with E-state index in [9.17, 15) is 4.79 Å². The van der Waals surface area contributed by atoms with Crippen LogP contribution in [0.1, 0.15) is 15.9 Å². The number of hydrogen-bond donors (Lipinski definition) is 1. The minimum Gasteiger partial charge on any atom is -0.348 e. The normalized spacial score (nSPS) is 10.1. The highest BCUT2D eigenvalue weighted by atomic mass is 79.9. The van der Waals surface area contributed by atoms with Crippen LogP contribution in [0.4, 0.5) is 0 Å². The van der Waals surface area contributed by atoms with Gasteiger partial charge in [-0.3, -0.25) is 4.79 Å². The van der Waals surface area contributed by atoms with Gasteiger partial charge in [-0.2, -0.15) is 0 Å². The molecule has 0 saturated heterocycles. The van der Waals surface area contributed by atoms with E-state index in [1.165, 1.54) is 0 Å². The number of amides is 1. The lowest BCUT2D eigenvalue weighted by Gasteiger charge is -2.06. The van der Waals surface area contributed by atoms with Crippen LogP contribution in [0.3, 0.4) is 0 Å². The van der Waals surface area contributed by atoms with Gasteiger partial charge in [0.15, 0.2) is 0 Å². The predicted molar refractivity (Wildman–Crippen MR) is 77.2 cm³/mol. The molecule has 0 fully saturated rings. The number of benzene rings is 1. The standard InChI is InChI=1S/C13H10Br2N2O/c14-11-4-2-1-3-9(11)7-17-13(18)10-5-6-12(15)16-8-10/h1-6,8H,7H2,(H,17,18). The number of carbonyl (C=O) groups is 1. The van der Waals surface area contributed by atoms with Gasteiger partial charge >= 0.3 is 0 Å². The summed E-state index contributed by atoms with van der Waals surface area (Å²) in [5.74, 6) is -0.134. The lowest BCUT2D eigenvalue weighted by Crippen LogP contribution is -2.23. The fourth-order valence-corrected chi connectivity index (χ4v) is 2.09. The zero-order valence-corrected chi connectivity index (χ0v) is 12.5. The molecular formula is C13H10Br2N2O. The van der Waals surface area contributed by atoms with Crippen LogP contribution in [0.15, 0.2) is 51.7 Å². The Bertz CT molecular complexity index is 555. The quantitative estimate of drug-likeness (QED) is 0.841. The number of aromatic nitrogens is 1. The lowest BCUT2D eigenvalue weighted by molar-refractivity contribution is 0.0950. The van der Waals surface area contributed by atoms with Gasteiger partial charge in [0, 0.05) is 17.2 Å². The van der Waals surface area contributed by atoms with Crippen molar-refractivity contribution in [1.29, 1.82) is 0 Å². The van der Waals surface area contributed by atoms with E-state index in [1.807, 2.05) is 24.3 Å². The molecule has 1 aromatic carbocycles. The topological polar surface area (TPSA) is 42.0 Å². The smallest absolute Gasteiger partial charge is 0.253 e. The van der Waals surface area contributed by atoms with E-state index in [-0.39, 0.29) is 5.91 Å². The number of carbonyl (C=O) groups excluding carboxylic acids is 1. The second kappa shape index (κ2) is 6.11. The summed E-state index contributed by atoms with van der Waals surface area (Å²) in [7, 11) is 0. The van der Waals surface area contributed by atoms with Gasteiger partial charge in [0.05, 0.1) is 5.56 Å². The predicted octanol–water partition coefficient (Wildman–Crippen LogP) is 3.54. The number of hydrogen-bond acceptors (Lipinski definition) is 2. The molecule has 0 saturated carbocycles. The maximum atomic E-state index is 11.9. The summed E-state index contributed by atoms with van der Waals surface area (Å²) in [4.78, 5) is 15.9. The number of rotatable bonds is 3. The van der Waals surface area contributed by atoms with Crippen molar-refractivity contribution >= 4 is 37.8 Å². The van der Waals surface area contributed by atoms with Gasteiger partial charge < -0.3 is 5.32 Å². The Hall–Kier alpha value is -1.20. The first-order chi connectivity index (χ1) is 8.66. The Morgan fingerprint density at radius 3 is 2.61 bits per heavy atom. The van der Waals surface area contributed by atoms with Crippen molar-refractivity contribution in [2.45, 2.75) is 6.54 Å². The van der Waals surface area contributed by atoms with Crippen LogP contribution in [0, 0.1) is 0 Å². The molecule has 18 heavy (non-hydrogen) atoms. The molecule has 2 aromatic rings. The van der Waals surface area contributed by atoms with Gasteiger partial charge in [0.1, 0.15) is 4.60 Å². The molecule has 1 N–H and O–H groups in total. The van der Waals surface area contributed by atoms with E-state index >= 15 is 0 Å². The molecule has 2 rings (SSSR count). The summed E-state index contributed by atoms with van der Waals surface area (Å²) >= 11 is 6.67. The molecule has 0 spiro atoms. The Morgan fingerprint density at radius 1 is 1.17 bits per heavy atom. The van der Waals surface area contributed by atoms with Crippen LogP contribution >= 0.6 is 31.9 Å². The monoisotopic (exact) mass is 368 g/mol. The third kappa shape index (κ3) is 3.40. The van der Waals surface area contributed by atoms with Gasteiger partial charge in [-0.05, 0) is 39.7 Å². The van der Waals surface area contributed by atoms with Crippen molar-refractivity contribution in [2.75, 3.05) is 0 Å². The largest absolute Gasteiger partial charge is 0.348 e. The van der Waals surface area contributed by atoms with Gasteiger partial charge in [-0.15, -0.1) is 0 Å². The first kappa shape index (κ1) is 13.2. The average molecular weight is 370 g/mol. The van der Waals surface area contributed by atoms with E-state index < -0.39 is 0 Å². The van der Waals surface area contributed by atoms with Crippen molar-refractivity contribution < 1.29 is 4.79 Å². The second-order valence-electron chi connectivity index (χ2n) is 3.64. The number of pyridine rings is 1. The molecule has 0 aliphatic carbocycles. The summed E-state index contributed by atoms with van der Waals surface area (Å²) in [5.41, 5.74) is 1.58. The molecule has 5 heteroatoms. The van der Waals surface area contributed by atoms with Gasteiger partial charge in [-0.25, -0.2) is 4.98 Å². The maximum absolute atomic E-state index is 11.9. The number of halogens is 2. The molecule has 0 aliphatic heterocycles. The second-order valence-corrected chi connectivity index (χ2v) is 5.31. The molecule has 92 valence electrons. The first-order valence-electron chi connectivity index (χ1n) is 5.30. The zero-order chi connectivity index (χ0) is 13.0. The van der Waals surface area contributed by atoms with E-state index in [2.05, 4.69) is 42.2 Å². The van der Waals surface area contributed by atoms with Crippen molar-refractivity contribution in [3.63, 3.8) is 0 Å². The van der Waals surface area contributed by atoms with E-state index in [0.717, 1.165) is 10.0 Å². The summed E-state index contributed by atoms with van der Waals surface area (Å²) in [5, 5.41) is 2.85. The minimum absolute atomic E-state index is 0.134. The van der Waals surface area contributed by atoms with Crippen LogP contribution in [0.5, 0.6) is 0 Å². The first-order valence-corrected chi connectivity index (χ1v) is 6.88. The SMILES string of the molecule is O=C(NCc1ccccc1Br)c1ccc(Br)nc1. The summed E-state index contributed by atoms with van der Waals surface area (Å²) in [6.07, 6.45) is 1.54. The van der Waals surface area contributed by atoms with E-state index in [1.54, 1.807) is 18.3 Å². The van der Waals surface area contributed by atoms with Gasteiger partial charge in [-0.1, -0.05) is 34.1 Å². The van der Waals surface area contributed by atoms with Gasteiger partial charge in [0.25, 0.3) is 5.91 Å². The van der Waals surface area contributed by atoms with E-state index in [4.69, 9.17) is 0 Å². The van der Waals surface area contributed by atoms with Crippen LogP contribution in [-0.2, 0) is 6.54 Å². The van der Waals surface area contributed by atoms with Crippen LogP contribution < -0.4 is 5.32 Å². The Labute approximate surface area is 122 Å². The molecule has 0 radical (unpaired) electrons. The molecule has 1 aromatic heterocycles. The molecule has 0 bridgehead atoms. The zero-order valence-electron chi connectivity index (χ0n) is 9.36. The molecular weight excluding hydrogens is 360 g/mol. The Kier molecular flexibility index (Phi) is 4.49. The fraction of sp³-hybridized carbons (Fsp3) is 0.0769. The number of nitrogens with one attached hydrogen (secondary N) is 1. The highest BCUT2D eigenvalue weighted by molar-refractivity contribution is 9.10. The summed E-state index contributed by atoms with van der Waals surface area (Å²) in [6, 6.07) is 11.3. The highest BCUT2D eigenvalue weighted by Gasteiger charge is 2.06. The molecule has 1 heterocycles. The Balaban J connectivity index is 2.01. The maximum Gasteiger partial charge on any atom is 0.253 e. The molecule has 0 unspecified atom stereocenters. The fourth-order valence-electron chi connectivity index (χ4n) is 1.43. The van der Waals surface area contributed by atoms with Crippen LogP contribution in [-0.4, -0.2) is 10.9 Å². The summed E-state index contributed by atoms with van der Waals surface area (Å²) < 4.78 is 1.70. The van der Waals surface area contributed by atoms with Crippen LogP contribution in [0.2, 0.25) is 0 Å². The number of nitrogens with zero attached hydrogens (tertiary/aromatic N) is 1. The third-order valence-electron chi connectivity index (χ3n) is 2.39. The van der Waals surface area contributed by atoms with Gasteiger partial charge in [0.2, 0.25) is 0 Å². The van der Waals surface area contributed by atoms with Crippen molar-refractivity contribution in [2.24, 2.45) is 0 Å². The third-order valence-corrected chi connectivity index (χ3v) is 3.63. The summed E-state index contributed by atoms with van der Waals surface area (Å²) in [6.45, 7) is 0.482. The van der Waals surface area contributed by atoms with Crippen LogP contribution in [0.25, 0.3) is 0 Å². The van der Waals surface area contributed by atoms with Crippen molar-refractivity contribution in [3.05, 3.63) is 62.8 Å². The molecule has 0 aliphatic rings. The molecule has 3 nitrogen and oxygen atoms in total. The molecule has 0 atom stereocenters. The average Bonchev–Trinajstić information content (AvgIpc) is 2.38. The van der Waals surface area contributed by atoms with Crippen molar-refractivity contribution in [1.82, 2.24) is 10.3 Å². The van der Waals surface area contributed by atoms with E-state index in [0.29, 0.717) is 16.7 Å². The highest BCUT2D eigenvalue weighted by Crippen LogP contribution is 2.15. The Morgan fingerprint density at radius 2 is 1.94 bits per heavy atom. The lowest BCUT2D eigenvalue weighted by atomic mass is 10.2. The van der Waals surface area contributed by atoms with Crippen molar-refractivity contribution in [3.8, 4) is 0 Å². The molecule has 1 amide bonds.